The van der Waals surface area contributed by atoms with E-state index in [-0.39, 0.29) is 22.4 Å². The van der Waals surface area contributed by atoms with Gasteiger partial charge in [0.1, 0.15) is 11.9 Å². The molecule has 0 saturated carbocycles. The molecule has 33 heavy (non-hydrogen) atoms. The van der Waals surface area contributed by atoms with Gasteiger partial charge in [-0.25, -0.2) is 21.6 Å². The van der Waals surface area contributed by atoms with Crippen LogP contribution in [0.25, 0.3) is 0 Å². The molecular weight excluding hydrogens is 511 g/mol. The van der Waals surface area contributed by atoms with Crippen LogP contribution in [-0.2, 0) is 19.9 Å². The Morgan fingerprint density at radius 1 is 1.03 bits per heavy atom. The van der Waals surface area contributed by atoms with Gasteiger partial charge in [-0.15, -0.1) is 0 Å². The van der Waals surface area contributed by atoms with Gasteiger partial charge >= 0.3 is 0 Å². The zero-order valence-electron chi connectivity index (χ0n) is 17.9. The molecule has 0 spiro atoms. The van der Waals surface area contributed by atoms with Gasteiger partial charge in [-0.2, -0.15) is 0 Å². The third-order valence-electron chi connectivity index (χ3n) is 5.27. The second-order valence-corrected chi connectivity index (χ2v) is 12.5. The number of rotatable bonds is 9. The monoisotopic (exact) mass is 536 g/mol. The highest BCUT2D eigenvalue weighted by atomic mass is 35.5. The van der Waals surface area contributed by atoms with Crippen LogP contribution in [0.3, 0.4) is 0 Å². The van der Waals surface area contributed by atoms with Crippen molar-refractivity contribution in [3.63, 3.8) is 0 Å². The minimum atomic E-state index is -3.87. The van der Waals surface area contributed by atoms with Crippen molar-refractivity contribution in [2.75, 3.05) is 32.4 Å². The Balaban J connectivity index is 1.44. The maximum Gasteiger partial charge on any atom is 0.240 e. The Kier molecular flexibility index (Phi) is 8.66. The summed E-state index contributed by atoms with van der Waals surface area (Å²) in [6, 6.07) is 10.1. The lowest BCUT2D eigenvalue weighted by Gasteiger charge is -2.33. The molecule has 0 aromatic heterocycles. The zero-order chi connectivity index (χ0) is 24.2. The maximum absolute atomic E-state index is 12.4. The van der Waals surface area contributed by atoms with Gasteiger partial charge in [0.2, 0.25) is 10.0 Å². The molecule has 1 aliphatic heterocycles. The number of hydrogen-bond acceptors (Lipinski definition) is 7. The number of piperidine rings is 1. The number of aliphatic hydroxyl groups excluding tert-OH is 1. The Morgan fingerprint density at radius 2 is 1.64 bits per heavy atom. The molecule has 1 saturated heterocycles. The van der Waals surface area contributed by atoms with Crippen molar-refractivity contribution in [1.82, 2.24) is 9.62 Å². The minimum absolute atomic E-state index is 0.0176. The molecule has 2 N–H and O–H groups in total. The molecule has 1 atom stereocenters. The van der Waals surface area contributed by atoms with Crippen LogP contribution in [0.4, 0.5) is 0 Å². The Morgan fingerprint density at radius 3 is 2.21 bits per heavy atom. The Bertz CT molecular complexity index is 1170. The molecule has 2 aromatic rings. The van der Waals surface area contributed by atoms with Crippen LogP contribution in [0.1, 0.15) is 12.8 Å². The first-order valence-electron chi connectivity index (χ1n) is 10.3. The molecule has 0 amide bonds. The van der Waals surface area contributed by atoms with Gasteiger partial charge in [0.15, 0.2) is 9.84 Å². The van der Waals surface area contributed by atoms with E-state index in [1.165, 1.54) is 24.3 Å². The number of sulfonamides is 1. The molecular formula is C21H26Cl2N2O6S2. The van der Waals surface area contributed by atoms with Crippen LogP contribution >= 0.6 is 23.2 Å². The summed E-state index contributed by atoms with van der Waals surface area (Å²) < 4.78 is 56.2. The van der Waals surface area contributed by atoms with Crippen molar-refractivity contribution in [3.8, 4) is 5.75 Å². The number of aliphatic hydroxyl groups is 1. The van der Waals surface area contributed by atoms with Crippen LogP contribution in [0.5, 0.6) is 5.75 Å². The predicted octanol–water partition coefficient (Wildman–Crippen LogP) is 2.58. The van der Waals surface area contributed by atoms with Gasteiger partial charge < -0.3 is 14.7 Å². The molecule has 182 valence electrons. The maximum atomic E-state index is 12.4. The number of halogens is 2. The van der Waals surface area contributed by atoms with Crippen LogP contribution in [-0.4, -0.2) is 71.5 Å². The van der Waals surface area contributed by atoms with E-state index in [9.17, 15) is 21.9 Å². The van der Waals surface area contributed by atoms with E-state index in [1.807, 2.05) is 0 Å². The van der Waals surface area contributed by atoms with Gasteiger partial charge in [0, 0.05) is 38.5 Å². The number of sulfone groups is 1. The first kappa shape index (κ1) is 26.2. The van der Waals surface area contributed by atoms with Crippen molar-refractivity contribution in [2.45, 2.75) is 34.8 Å². The van der Waals surface area contributed by atoms with Gasteiger partial charge in [-0.3, -0.25) is 0 Å². The summed E-state index contributed by atoms with van der Waals surface area (Å²) in [5.41, 5.74) is 0. The lowest BCUT2D eigenvalue weighted by Crippen LogP contribution is -2.45. The van der Waals surface area contributed by atoms with E-state index in [1.54, 1.807) is 18.2 Å². The fourth-order valence-electron chi connectivity index (χ4n) is 3.47. The fourth-order valence-corrected chi connectivity index (χ4v) is 5.46. The highest BCUT2D eigenvalue weighted by Gasteiger charge is 2.23. The second kappa shape index (κ2) is 10.9. The summed E-state index contributed by atoms with van der Waals surface area (Å²) in [6.45, 7) is 1.55. The molecule has 0 unspecified atom stereocenters. The number of benzene rings is 2. The van der Waals surface area contributed by atoms with Crippen molar-refractivity contribution in [2.24, 2.45) is 0 Å². The first-order valence-corrected chi connectivity index (χ1v) is 14.4. The average molecular weight is 537 g/mol. The SMILES string of the molecule is CS(=O)(=O)c1ccc(S(=O)(=O)NC[C@@H](O)CN2CCC(Oc3ccc(Cl)c(Cl)c3)CC2)cc1. The quantitative estimate of drug-likeness (QED) is 0.506. The molecule has 3 rings (SSSR count). The largest absolute Gasteiger partial charge is 0.490 e. The second-order valence-electron chi connectivity index (χ2n) is 7.94. The Labute approximate surface area is 204 Å². The van der Waals surface area contributed by atoms with Gasteiger partial charge in [0.25, 0.3) is 0 Å². The third kappa shape index (κ3) is 7.54. The number of likely N-dealkylation sites (tertiary alicyclic amines) is 1. The van der Waals surface area contributed by atoms with Gasteiger partial charge in [-0.05, 0) is 49.2 Å². The van der Waals surface area contributed by atoms with Crippen molar-refractivity contribution in [3.05, 3.63) is 52.5 Å². The molecule has 0 radical (unpaired) electrons. The lowest BCUT2D eigenvalue weighted by molar-refractivity contribution is 0.0630. The van der Waals surface area contributed by atoms with Crippen LogP contribution in [0.15, 0.2) is 52.3 Å². The zero-order valence-corrected chi connectivity index (χ0v) is 21.1. The number of nitrogens with one attached hydrogen (secondary N) is 1. The van der Waals surface area contributed by atoms with E-state index in [2.05, 4.69) is 9.62 Å². The van der Waals surface area contributed by atoms with Crippen LogP contribution in [0.2, 0.25) is 10.0 Å². The molecule has 1 aliphatic rings. The summed E-state index contributed by atoms with van der Waals surface area (Å²) in [5.74, 6) is 0.655. The molecule has 1 heterocycles. The highest BCUT2D eigenvalue weighted by Crippen LogP contribution is 2.28. The van der Waals surface area contributed by atoms with Gasteiger partial charge in [-0.1, -0.05) is 23.2 Å². The van der Waals surface area contributed by atoms with Crippen molar-refractivity contribution >= 4 is 43.1 Å². The molecule has 0 bridgehead atoms. The molecule has 0 aliphatic carbocycles. The standard InChI is InChI=1S/C21H26Cl2N2O6S2/c1-32(27,28)18-3-5-19(6-4-18)33(29,30)24-13-15(26)14-25-10-8-16(9-11-25)31-17-2-7-20(22)21(23)12-17/h2-7,12,15-16,24,26H,8-11,13-14H2,1H3/t15-/m1/s1. The lowest BCUT2D eigenvalue weighted by atomic mass is 10.1. The summed E-state index contributed by atoms with van der Waals surface area (Å²) in [5, 5.41) is 11.2. The van der Waals surface area contributed by atoms with Gasteiger partial charge in [0.05, 0.1) is 25.9 Å². The smallest absolute Gasteiger partial charge is 0.240 e. The number of ether oxygens (including phenoxy) is 1. The average Bonchev–Trinajstić information content (AvgIpc) is 2.76. The van der Waals surface area contributed by atoms with E-state index < -0.39 is 26.0 Å². The van der Waals surface area contributed by atoms with Crippen molar-refractivity contribution < 1.29 is 26.7 Å². The molecule has 12 heteroatoms. The Hall–Kier alpha value is -1.40. The predicted molar refractivity (Wildman–Crippen MR) is 127 cm³/mol. The topological polar surface area (TPSA) is 113 Å². The first-order chi connectivity index (χ1) is 15.4. The van der Waals surface area contributed by atoms with E-state index in [0.717, 1.165) is 19.1 Å². The van der Waals surface area contributed by atoms with Crippen LogP contribution < -0.4 is 9.46 Å². The highest BCUT2D eigenvalue weighted by molar-refractivity contribution is 7.90. The van der Waals surface area contributed by atoms with E-state index in [0.29, 0.717) is 35.4 Å². The summed E-state index contributed by atoms with van der Waals surface area (Å²) >= 11 is 11.9. The minimum Gasteiger partial charge on any atom is -0.490 e. The molecule has 2 aromatic carbocycles. The van der Waals surface area contributed by atoms with E-state index in [4.69, 9.17) is 27.9 Å². The molecule has 8 nitrogen and oxygen atoms in total. The molecule has 1 fully saturated rings. The third-order valence-corrected chi connectivity index (χ3v) is 8.58. The summed E-state index contributed by atoms with van der Waals surface area (Å²) in [4.78, 5) is 2.02. The summed E-state index contributed by atoms with van der Waals surface area (Å²) in [6.07, 6.45) is 1.68. The number of hydrogen-bond donors (Lipinski definition) is 2. The normalized spacial score (nSPS) is 17.1. The van der Waals surface area contributed by atoms with E-state index >= 15 is 0 Å². The number of β-amino-alcohol motifs (C(OH)–C–C–N with tert-alkyl or cyclic N) is 1. The van der Waals surface area contributed by atoms with Crippen LogP contribution in [0, 0.1) is 0 Å². The van der Waals surface area contributed by atoms with Crippen molar-refractivity contribution in [1.29, 1.82) is 0 Å². The fraction of sp³-hybridized carbons (Fsp3) is 0.429. The summed E-state index contributed by atoms with van der Waals surface area (Å²) in [7, 11) is -7.29. The number of nitrogens with zero attached hydrogens (tertiary/aromatic N) is 1.